The van der Waals surface area contributed by atoms with Gasteiger partial charge in [-0.1, -0.05) is 56.4 Å². The molecule has 4 fully saturated rings. The number of amides is 4. The van der Waals surface area contributed by atoms with E-state index in [4.69, 9.17) is 14.2 Å². The molecule has 13 heteroatoms. The van der Waals surface area contributed by atoms with Gasteiger partial charge < -0.3 is 34.9 Å². The van der Waals surface area contributed by atoms with Gasteiger partial charge >= 0.3 is 18.2 Å². The van der Waals surface area contributed by atoms with Crippen LogP contribution in [-0.2, 0) is 41.7 Å². The summed E-state index contributed by atoms with van der Waals surface area (Å²) in [6, 6.07) is 5.72. The molecule has 4 heterocycles. The number of hydrogen-bond acceptors (Lipinski definition) is 8. The summed E-state index contributed by atoms with van der Waals surface area (Å²) >= 11 is 0. The molecule has 3 N–H and O–H groups in total. The van der Waals surface area contributed by atoms with Crippen molar-refractivity contribution in [1.82, 2.24) is 20.4 Å². The Hall–Kier alpha value is -3.87. The van der Waals surface area contributed by atoms with Crippen molar-refractivity contribution in [2.45, 2.75) is 114 Å². The predicted molar refractivity (Wildman–Crippen MR) is 162 cm³/mol. The van der Waals surface area contributed by atoms with E-state index < -0.39 is 53.7 Å². The minimum atomic E-state index is -1.37. The van der Waals surface area contributed by atoms with E-state index in [2.05, 4.69) is 10.6 Å². The van der Waals surface area contributed by atoms with Gasteiger partial charge in [-0.3, -0.25) is 14.5 Å². The quantitative estimate of drug-likeness (QED) is 0.449. The molecule has 3 saturated heterocycles. The van der Waals surface area contributed by atoms with E-state index in [1.807, 2.05) is 24.3 Å². The average Bonchev–Trinajstić information content (AvgIpc) is 3.34. The molecule has 6 rings (SSSR count). The van der Waals surface area contributed by atoms with E-state index >= 15 is 0 Å². The fourth-order valence-corrected chi connectivity index (χ4v) is 7.35. The SMILES string of the molecule is O=C(N[C@H]1CCCCCCC[C@@H]2C[C@@]2(C(=O)O)NC(=O)[C@@H]2C[C@@H](OC(=O)N3Cc4ccccc4C3)CN2C1=O)OC1CCOCC1. The molecule has 250 valence electrons. The van der Waals surface area contributed by atoms with E-state index in [1.165, 1.54) is 4.90 Å². The number of rotatable bonds is 4. The monoisotopic (exact) mass is 640 g/mol. The highest BCUT2D eigenvalue weighted by molar-refractivity contribution is 5.96. The van der Waals surface area contributed by atoms with Crippen LogP contribution in [0.5, 0.6) is 0 Å². The number of fused-ring (bicyclic) bond motifs is 3. The lowest BCUT2D eigenvalue weighted by Crippen LogP contribution is -2.56. The van der Waals surface area contributed by atoms with Crippen molar-refractivity contribution >= 4 is 30.0 Å². The number of nitrogens with zero attached hydrogens (tertiary/aromatic N) is 2. The highest BCUT2D eigenvalue weighted by Gasteiger charge is 2.62. The van der Waals surface area contributed by atoms with Crippen LogP contribution in [0.4, 0.5) is 9.59 Å². The van der Waals surface area contributed by atoms with Gasteiger partial charge in [0.25, 0.3) is 0 Å². The Morgan fingerprint density at radius 3 is 2.28 bits per heavy atom. The molecule has 0 bridgehead atoms. The third-order valence-corrected chi connectivity index (χ3v) is 10.1. The average molecular weight is 641 g/mol. The van der Waals surface area contributed by atoms with Crippen molar-refractivity contribution < 1.29 is 43.3 Å². The van der Waals surface area contributed by atoms with Gasteiger partial charge in [0.15, 0.2) is 0 Å². The van der Waals surface area contributed by atoms with E-state index in [9.17, 15) is 29.1 Å². The van der Waals surface area contributed by atoms with Crippen molar-refractivity contribution in [3.05, 3.63) is 35.4 Å². The highest BCUT2D eigenvalue weighted by Crippen LogP contribution is 2.47. The summed E-state index contributed by atoms with van der Waals surface area (Å²) in [7, 11) is 0. The Bertz CT molecular complexity index is 1310. The van der Waals surface area contributed by atoms with Crippen LogP contribution in [0.25, 0.3) is 0 Å². The molecule has 0 aromatic heterocycles. The molecule has 1 aromatic carbocycles. The topological polar surface area (TPSA) is 164 Å². The lowest BCUT2D eigenvalue weighted by atomic mass is 10.0. The number of carboxylic acid groups (broad SMARTS) is 1. The first-order valence-electron chi connectivity index (χ1n) is 16.7. The van der Waals surface area contributed by atoms with Gasteiger partial charge in [-0.25, -0.2) is 14.4 Å². The second-order valence-electron chi connectivity index (χ2n) is 13.3. The number of carbonyl (C=O) groups is 5. The fourth-order valence-electron chi connectivity index (χ4n) is 7.35. The van der Waals surface area contributed by atoms with Crippen molar-refractivity contribution in [3.63, 3.8) is 0 Å². The van der Waals surface area contributed by atoms with E-state index in [0.717, 1.165) is 36.8 Å². The normalized spacial score (nSPS) is 30.5. The number of benzene rings is 1. The molecule has 13 nitrogen and oxygen atoms in total. The lowest BCUT2D eigenvalue weighted by Gasteiger charge is -2.30. The highest BCUT2D eigenvalue weighted by atomic mass is 16.6. The number of nitrogens with one attached hydrogen (secondary N) is 2. The van der Waals surface area contributed by atoms with Gasteiger partial charge in [0.1, 0.15) is 29.8 Å². The van der Waals surface area contributed by atoms with Gasteiger partial charge in [0.2, 0.25) is 11.8 Å². The molecule has 1 aliphatic carbocycles. The number of carboxylic acids is 1. The zero-order valence-electron chi connectivity index (χ0n) is 26.1. The summed E-state index contributed by atoms with van der Waals surface area (Å²) in [5.41, 5.74) is 0.702. The van der Waals surface area contributed by atoms with Crippen molar-refractivity contribution in [1.29, 1.82) is 0 Å². The zero-order valence-corrected chi connectivity index (χ0v) is 26.1. The van der Waals surface area contributed by atoms with Crippen LogP contribution in [0.2, 0.25) is 0 Å². The molecule has 5 aliphatic rings. The first-order chi connectivity index (χ1) is 22.2. The zero-order chi connectivity index (χ0) is 32.3. The molecular formula is C33H44N4O9. The Labute approximate surface area is 268 Å². The summed E-state index contributed by atoms with van der Waals surface area (Å²) in [4.78, 5) is 69.4. The van der Waals surface area contributed by atoms with E-state index in [1.54, 1.807) is 4.90 Å². The van der Waals surface area contributed by atoms with Crippen LogP contribution in [0.3, 0.4) is 0 Å². The molecule has 0 unspecified atom stereocenters. The molecule has 46 heavy (non-hydrogen) atoms. The van der Waals surface area contributed by atoms with Crippen molar-refractivity contribution in [3.8, 4) is 0 Å². The van der Waals surface area contributed by atoms with Gasteiger partial charge in [0, 0.05) is 32.4 Å². The van der Waals surface area contributed by atoms with Crippen LogP contribution in [-0.4, -0.2) is 94.5 Å². The summed E-state index contributed by atoms with van der Waals surface area (Å²) < 4.78 is 16.8. The minimum Gasteiger partial charge on any atom is -0.479 e. The van der Waals surface area contributed by atoms with Gasteiger partial charge in [-0.05, 0) is 36.3 Å². The number of carbonyl (C=O) groups excluding carboxylic acids is 4. The predicted octanol–water partition coefficient (Wildman–Crippen LogP) is 3.09. The van der Waals surface area contributed by atoms with E-state index in [0.29, 0.717) is 64.8 Å². The van der Waals surface area contributed by atoms with Crippen molar-refractivity contribution in [2.24, 2.45) is 5.92 Å². The van der Waals surface area contributed by atoms with Crippen LogP contribution in [0.15, 0.2) is 24.3 Å². The maximum atomic E-state index is 14.2. The Balaban J connectivity index is 1.19. The smallest absolute Gasteiger partial charge is 0.410 e. The van der Waals surface area contributed by atoms with Gasteiger partial charge in [0.05, 0.1) is 19.8 Å². The Kier molecular flexibility index (Phi) is 9.67. The fraction of sp³-hybridized carbons (Fsp3) is 0.667. The van der Waals surface area contributed by atoms with E-state index in [-0.39, 0.29) is 25.0 Å². The summed E-state index contributed by atoms with van der Waals surface area (Å²) in [5.74, 6) is -2.34. The van der Waals surface area contributed by atoms with Crippen LogP contribution < -0.4 is 10.6 Å². The molecule has 0 spiro atoms. The third kappa shape index (κ3) is 7.08. The molecule has 1 saturated carbocycles. The third-order valence-electron chi connectivity index (χ3n) is 10.1. The van der Waals surface area contributed by atoms with Crippen LogP contribution >= 0.6 is 0 Å². The standard InChI is InChI=1S/C33H44N4O9/c38-28-27-16-25(46-32(43)36-18-21-8-6-7-9-22(21)19-36)20-37(27)29(39)26(34-31(42)45-24-12-14-44-15-13-24)11-5-3-1-2-4-10-23-17-33(23,35-28)30(40)41/h6-9,23-27H,1-5,10-20H2,(H,34,42)(H,35,38)(H,40,41)/t23-,25-,26+,27+,33-/m1/s1. The molecular weight excluding hydrogens is 596 g/mol. The first kappa shape index (κ1) is 32.1. The van der Waals surface area contributed by atoms with Crippen LogP contribution in [0.1, 0.15) is 81.8 Å². The summed E-state index contributed by atoms with van der Waals surface area (Å²) in [6.45, 7) is 1.73. The molecule has 1 aromatic rings. The molecule has 4 aliphatic heterocycles. The number of aliphatic carboxylic acids is 1. The summed E-state index contributed by atoms with van der Waals surface area (Å²) in [5, 5.41) is 15.6. The lowest BCUT2D eigenvalue weighted by molar-refractivity contribution is -0.146. The second-order valence-corrected chi connectivity index (χ2v) is 13.3. The number of ether oxygens (including phenoxy) is 3. The largest absolute Gasteiger partial charge is 0.479 e. The Morgan fingerprint density at radius 2 is 1.59 bits per heavy atom. The molecule has 0 radical (unpaired) electrons. The maximum absolute atomic E-state index is 14.2. The molecule has 5 atom stereocenters. The summed E-state index contributed by atoms with van der Waals surface area (Å²) in [6.07, 6.45) is 4.39. The number of hydrogen-bond donors (Lipinski definition) is 3. The maximum Gasteiger partial charge on any atom is 0.410 e. The van der Waals surface area contributed by atoms with Crippen LogP contribution in [0, 0.1) is 5.92 Å². The molecule has 4 amide bonds. The van der Waals surface area contributed by atoms with Gasteiger partial charge in [-0.15, -0.1) is 0 Å². The van der Waals surface area contributed by atoms with Gasteiger partial charge in [-0.2, -0.15) is 0 Å². The van der Waals surface area contributed by atoms with Crippen molar-refractivity contribution in [2.75, 3.05) is 19.8 Å². The Morgan fingerprint density at radius 1 is 0.913 bits per heavy atom. The first-order valence-corrected chi connectivity index (χ1v) is 16.7. The second kappa shape index (κ2) is 13.9. The number of alkyl carbamates (subject to hydrolysis) is 1. The minimum absolute atomic E-state index is 0.0176.